The number of hydrogen-bond acceptors (Lipinski definition) is 4. The minimum absolute atomic E-state index is 0.105. The molecule has 0 radical (unpaired) electrons. The molecule has 0 spiro atoms. The van der Waals surface area contributed by atoms with Crippen molar-refractivity contribution in [2.24, 2.45) is 0 Å². The fraction of sp³-hybridized carbons (Fsp3) is 0.562. The van der Waals surface area contributed by atoms with E-state index in [4.69, 9.17) is 4.74 Å². The van der Waals surface area contributed by atoms with Crippen molar-refractivity contribution >= 4 is 16.1 Å². The Morgan fingerprint density at radius 2 is 1.80 bits per heavy atom. The number of rotatable bonds is 5. The molecule has 0 aromatic heterocycles. The van der Waals surface area contributed by atoms with Crippen LogP contribution in [0.3, 0.4) is 0 Å². The summed E-state index contributed by atoms with van der Waals surface area (Å²) < 4.78 is 46.0. The highest BCUT2D eigenvalue weighted by Crippen LogP contribution is 2.21. The van der Waals surface area contributed by atoms with Gasteiger partial charge in [0, 0.05) is 45.8 Å². The largest absolute Gasteiger partial charge is 0.488 e. The van der Waals surface area contributed by atoms with Crippen molar-refractivity contribution in [3.05, 3.63) is 29.6 Å². The molecule has 1 amide bonds. The number of carbonyl (C=O) groups excluding carboxylic acids is 1. The van der Waals surface area contributed by atoms with Crippen LogP contribution in [-0.2, 0) is 10.2 Å². The third-order valence-electron chi connectivity index (χ3n) is 3.86. The standard InChI is InChI=1S/C16H24FN3O4S/c1-12(2)24-15-6-5-13(11-14(15)17)16(21)19-7-9-20(10-8-19)25(22,23)18(3)4/h5-6,11-12H,7-10H2,1-4H3. The topological polar surface area (TPSA) is 70.2 Å². The van der Waals surface area contributed by atoms with Crippen molar-refractivity contribution in [3.8, 4) is 5.75 Å². The molecule has 1 aromatic carbocycles. The van der Waals surface area contributed by atoms with Crippen LogP contribution in [0.15, 0.2) is 18.2 Å². The number of amides is 1. The van der Waals surface area contributed by atoms with Crippen LogP contribution in [0.5, 0.6) is 5.75 Å². The Labute approximate surface area is 148 Å². The molecule has 0 aliphatic carbocycles. The number of benzene rings is 1. The highest BCUT2D eigenvalue weighted by Gasteiger charge is 2.30. The van der Waals surface area contributed by atoms with E-state index in [1.54, 1.807) is 13.8 Å². The van der Waals surface area contributed by atoms with Crippen molar-refractivity contribution in [1.29, 1.82) is 0 Å². The zero-order valence-electron chi connectivity index (χ0n) is 14.9. The van der Waals surface area contributed by atoms with Crippen LogP contribution in [0.1, 0.15) is 24.2 Å². The number of nitrogens with zero attached hydrogens (tertiary/aromatic N) is 3. The third kappa shape index (κ3) is 4.47. The van der Waals surface area contributed by atoms with Crippen molar-refractivity contribution in [3.63, 3.8) is 0 Å². The summed E-state index contributed by atoms with van der Waals surface area (Å²) >= 11 is 0. The molecule has 2 rings (SSSR count). The fourth-order valence-electron chi connectivity index (χ4n) is 2.52. The van der Waals surface area contributed by atoms with E-state index in [1.807, 2.05) is 0 Å². The van der Waals surface area contributed by atoms with E-state index in [2.05, 4.69) is 0 Å². The Hall–Kier alpha value is -1.71. The molecule has 7 nitrogen and oxygen atoms in total. The lowest BCUT2D eigenvalue weighted by molar-refractivity contribution is 0.0694. The van der Waals surface area contributed by atoms with Gasteiger partial charge in [-0.05, 0) is 32.0 Å². The van der Waals surface area contributed by atoms with Gasteiger partial charge in [-0.15, -0.1) is 0 Å². The number of halogens is 1. The highest BCUT2D eigenvalue weighted by molar-refractivity contribution is 7.86. The van der Waals surface area contributed by atoms with Crippen molar-refractivity contribution in [2.75, 3.05) is 40.3 Å². The third-order valence-corrected chi connectivity index (χ3v) is 5.80. The summed E-state index contributed by atoms with van der Waals surface area (Å²) in [5.74, 6) is -0.807. The van der Waals surface area contributed by atoms with Crippen LogP contribution in [0, 0.1) is 5.82 Å². The molecular formula is C16H24FN3O4S. The van der Waals surface area contributed by atoms with Gasteiger partial charge in [-0.25, -0.2) is 4.39 Å². The van der Waals surface area contributed by atoms with Gasteiger partial charge in [0.2, 0.25) is 0 Å². The molecule has 1 fully saturated rings. The average Bonchev–Trinajstić information content (AvgIpc) is 2.55. The van der Waals surface area contributed by atoms with Gasteiger partial charge in [0.05, 0.1) is 6.10 Å². The molecular weight excluding hydrogens is 349 g/mol. The molecule has 140 valence electrons. The second-order valence-electron chi connectivity index (χ2n) is 6.29. The molecule has 25 heavy (non-hydrogen) atoms. The molecule has 1 aliphatic rings. The van der Waals surface area contributed by atoms with E-state index < -0.39 is 16.0 Å². The molecule has 1 aliphatic heterocycles. The summed E-state index contributed by atoms with van der Waals surface area (Å²) in [6, 6.07) is 4.12. The monoisotopic (exact) mass is 373 g/mol. The van der Waals surface area contributed by atoms with Crippen LogP contribution < -0.4 is 4.74 Å². The number of ether oxygens (including phenoxy) is 1. The minimum atomic E-state index is -3.49. The SMILES string of the molecule is CC(C)Oc1ccc(C(=O)N2CCN(S(=O)(=O)N(C)C)CC2)cc1F. The summed E-state index contributed by atoms with van der Waals surface area (Å²) in [5, 5.41) is 0. The van der Waals surface area contributed by atoms with E-state index in [0.29, 0.717) is 0 Å². The number of piperazine rings is 1. The molecule has 0 saturated carbocycles. The lowest BCUT2D eigenvalue weighted by atomic mass is 10.1. The van der Waals surface area contributed by atoms with Gasteiger partial charge in [0.25, 0.3) is 16.1 Å². The predicted molar refractivity (Wildman–Crippen MR) is 92.2 cm³/mol. The van der Waals surface area contributed by atoms with Gasteiger partial charge < -0.3 is 9.64 Å². The second kappa shape index (κ2) is 7.67. The van der Waals surface area contributed by atoms with Crippen molar-refractivity contribution < 1.29 is 22.3 Å². The minimum Gasteiger partial charge on any atom is -0.488 e. The zero-order chi connectivity index (χ0) is 18.8. The van der Waals surface area contributed by atoms with Crippen LogP contribution >= 0.6 is 0 Å². The van der Waals surface area contributed by atoms with E-state index in [9.17, 15) is 17.6 Å². The Kier molecular flexibility index (Phi) is 6.02. The predicted octanol–water partition coefficient (Wildman–Crippen LogP) is 1.18. The quantitative estimate of drug-likeness (QED) is 0.777. The normalized spacial score (nSPS) is 16.5. The van der Waals surface area contributed by atoms with Crippen molar-refractivity contribution in [2.45, 2.75) is 20.0 Å². The second-order valence-corrected chi connectivity index (χ2v) is 8.44. The van der Waals surface area contributed by atoms with Gasteiger partial charge in [-0.3, -0.25) is 4.79 Å². The maximum Gasteiger partial charge on any atom is 0.281 e. The lowest BCUT2D eigenvalue weighted by Gasteiger charge is -2.35. The van der Waals surface area contributed by atoms with Gasteiger partial charge in [0.15, 0.2) is 11.6 Å². The zero-order valence-corrected chi connectivity index (χ0v) is 15.7. The summed E-state index contributed by atoms with van der Waals surface area (Å²) in [7, 11) is -0.548. The maximum absolute atomic E-state index is 14.1. The number of hydrogen-bond donors (Lipinski definition) is 0. The van der Waals surface area contributed by atoms with Gasteiger partial charge >= 0.3 is 0 Å². The fourth-order valence-corrected chi connectivity index (χ4v) is 3.61. The summed E-state index contributed by atoms with van der Waals surface area (Å²) in [5.41, 5.74) is 0.220. The van der Waals surface area contributed by atoms with Crippen LogP contribution in [0.4, 0.5) is 4.39 Å². The lowest BCUT2D eigenvalue weighted by Crippen LogP contribution is -2.53. The first-order chi connectivity index (χ1) is 11.6. The van der Waals surface area contributed by atoms with E-state index >= 15 is 0 Å². The van der Waals surface area contributed by atoms with Gasteiger partial charge in [-0.1, -0.05) is 0 Å². The average molecular weight is 373 g/mol. The molecule has 0 atom stereocenters. The summed E-state index contributed by atoms with van der Waals surface area (Å²) in [4.78, 5) is 14.0. The molecule has 0 N–H and O–H groups in total. The first-order valence-corrected chi connectivity index (χ1v) is 9.45. The summed E-state index contributed by atoms with van der Waals surface area (Å²) in [6.45, 7) is 4.53. The van der Waals surface area contributed by atoms with Crippen LogP contribution in [0.2, 0.25) is 0 Å². The van der Waals surface area contributed by atoms with E-state index in [0.717, 1.165) is 10.4 Å². The Bertz CT molecular complexity index is 729. The molecule has 1 saturated heterocycles. The number of carbonyl (C=O) groups is 1. The maximum atomic E-state index is 14.1. The molecule has 0 bridgehead atoms. The summed E-state index contributed by atoms with van der Waals surface area (Å²) in [6.07, 6.45) is -0.164. The molecule has 9 heteroatoms. The molecule has 1 aromatic rings. The first kappa shape index (κ1) is 19.6. The highest BCUT2D eigenvalue weighted by atomic mass is 32.2. The van der Waals surface area contributed by atoms with E-state index in [-0.39, 0.29) is 49.5 Å². The Balaban J connectivity index is 2.04. The van der Waals surface area contributed by atoms with Crippen LogP contribution in [-0.4, -0.2) is 74.2 Å². The van der Waals surface area contributed by atoms with Crippen LogP contribution in [0.25, 0.3) is 0 Å². The molecule has 0 unspecified atom stereocenters. The van der Waals surface area contributed by atoms with Gasteiger partial charge in [-0.2, -0.15) is 17.0 Å². The first-order valence-electron chi connectivity index (χ1n) is 8.06. The smallest absolute Gasteiger partial charge is 0.281 e. The van der Waals surface area contributed by atoms with E-state index in [1.165, 1.54) is 35.4 Å². The molecule has 1 heterocycles. The Morgan fingerprint density at radius 1 is 1.20 bits per heavy atom. The van der Waals surface area contributed by atoms with Gasteiger partial charge in [0.1, 0.15) is 0 Å². The Morgan fingerprint density at radius 3 is 2.28 bits per heavy atom. The van der Waals surface area contributed by atoms with Crippen molar-refractivity contribution in [1.82, 2.24) is 13.5 Å².